The Morgan fingerprint density at radius 1 is 1.15 bits per heavy atom. The van der Waals surface area contributed by atoms with Gasteiger partial charge in [0.15, 0.2) is 0 Å². The summed E-state index contributed by atoms with van der Waals surface area (Å²) in [5.41, 5.74) is -0.0676. The summed E-state index contributed by atoms with van der Waals surface area (Å²) in [4.78, 5) is 2.24. The molecule has 1 aliphatic carbocycles. The second-order valence-corrected chi connectivity index (χ2v) is 7.73. The van der Waals surface area contributed by atoms with Crippen molar-refractivity contribution in [3.05, 3.63) is 30.1 Å². The fourth-order valence-electron chi connectivity index (χ4n) is 2.62. The molecule has 0 radical (unpaired) electrons. The van der Waals surface area contributed by atoms with Crippen LogP contribution in [0.4, 0.5) is 4.39 Å². The lowest BCUT2D eigenvalue weighted by Gasteiger charge is -2.48. The zero-order valence-electron chi connectivity index (χ0n) is 12.1. The standard InChI is InChI=1S/C14H21FN2O2S/c1-16(2)14(9-4-10-14)11-17(3)20(18,19)13-7-5-12(15)6-8-13/h5-8H,4,9-11H2,1-3H3. The van der Waals surface area contributed by atoms with Gasteiger partial charge in [0.2, 0.25) is 10.0 Å². The zero-order valence-corrected chi connectivity index (χ0v) is 13.0. The molecule has 1 fully saturated rings. The van der Waals surface area contributed by atoms with E-state index >= 15 is 0 Å². The van der Waals surface area contributed by atoms with Crippen molar-refractivity contribution >= 4 is 10.0 Å². The average Bonchev–Trinajstić information content (AvgIpc) is 2.33. The third-order valence-corrected chi connectivity index (χ3v) is 6.09. The van der Waals surface area contributed by atoms with E-state index in [9.17, 15) is 12.8 Å². The van der Waals surface area contributed by atoms with E-state index in [0.29, 0.717) is 6.54 Å². The molecule has 20 heavy (non-hydrogen) atoms. The number of hydrogen-bond acceptors (Lipinski definition) is 3. The minimum Gasteiger partial charge on any atom is -0.302 e. The Kier molecular flexibility index (Phi) is 4.18. The SMILES string of the molecule is CN(C)C1(CN(C)S(=O)(=O)c2ccc(F)cc2)CCC1. The molecule has 0 bridgehead atoms. The number of sulfonamides is 1. The Balaban J connectivity index is 2.19. The van der Waals surface area contributed by atoms with E-state index in [4.69, 9.17) is 0 Å². The smallest absolute Gasteiger partial charge is 0.242 e. The molecule has 0 spiro atoms. The summed E-state index contributed by atoms with van der Waals surface area (Å²) >= 11 is 0. The van der Waals surface area contributed by atoms with Gasteiger partial charge in [0, 0.05) is 19.1 Å². The van der Waals surface area contributed by atoms with Gasteiger partial charge in [0.1, 0.15) is 5.82 Å². The van der Waals surface area contributed by atoms with Gasteiger partial charge in [-0.1, -0.05) is 0 Å². The summed E-state index contributed by atoms with van der Waals surface area (Å²) in [6.45, 7) is 0.458. The monoisotopic (exact) mass is 300 g/mol. The van der Waals surface area contributed by atoms with Crippen molar-refractivity contribution in [1.29, 1.82) is 0 Å². The lowest BCUT2D eigenvalue weighted by molar-refractivity contribution is 0.0455. The molecular weight excluding hydrogens is 279 g/mol. The maximum absolute atomic E-state index is 12.9. The first kappa shape index (κ1) is 15.4. The summed E-state index contributed by atoms with van der Waals surface area (Å²) < 4.78 is 39.2. The summed E-state index contributed by atoms with van der Waals surface area (Å²) in [5.74, 6) is -0.435. The van der Waals surface area contributed by atoms with Gasteiger partial charge in [-0.25, -0.2) is 12.8 Å². The van der Waals surface area contributed by atoms with E-state index in [1.807, 2.05) is 14.1 Å². The Labute approximate surface area is 120 Å². The predicted octanol–water partition coefficient (Wildman–Crippen LogP) is 1.93. The van der Waals surface area contributed by atoms with Crippen LogP contribution in [0.3, 0.4) is 0 Å². The van der Waals surface area contributed by atoms with Gasteiger partial charge < -0.3 is 4.90 Å². The van der Waals surface area contributed by atoms with Crippen molar-refractivity contribution in [3.63, 3.8) is 0 Å². The largest absolute Gasteiger partial charge is 0.302 e. The van der Waals surface area contributed by atoms with Gasteiger partial charge in [-0.3, -0.25) is 0 Å². The first-order valence-corrected chi connectivity index (χ1v) is 8.11. The van der Waals surface area contributed by atoms with Crippen molar-refractivity contribution in [2.75, 3.05) is 27.7 Å². The van der Waals surface area contributed by atoms with Crippen molar-refractivity contribution in [2.45, 2.75) is 29.7 Å². The molecule has 0 heterocycles. The number of rotatable bonds is 5. The van der Waals surface area contributed by atoms with Crippen molar-refractivity contribution in [3.8, 4) is 0 Å². The minimum atomic E-state index is -3.56. The van der Waals surface area contributed by atoms with E-state index in [0.717, 1.165) is 19.3 Å². The summed E-state index contributed by atoms with van der Waals surface area (Å²) in [5, 5.41) is 0. The fraction of sp³-hybridized carbons (Fsp3) is 0.571. The Morgan fingerprint density at radius 2 is 1.70 bits per heavy atom. The molecule has 1 aromatic carbocycles. The maximum atomic E-state index is 12.9. The molecule has 6 heteroatoms. The first-order chi connectivity index (χ1) is 9.28. The quantitative estimate of drug-likeness (QED) is 0.834. The van der Waals surface area contributed by atoms with Crippen LogP contribution in [0.25, 0.3) is 0 Å². The van der Waals surface area contributed by atoms with E-state index in [1.165, 1.54) is 28.6 Å². The Hall–Kier alpha value is -0.980. The molecule has 0 amide bonds. The average molecular weight is 300 g/mol. The minimum absolute atomic E-state index is 0.0676. The molecule has 1 saturated carbocycles. The van der Waals surface area contributed by atoms with Gasteiger partial charge in [0.05, 0.1) is 4.90 Å². The molecule has 1 aromatic rings. The van der Waals surface area contributed by atoms with Crippen molar-refractivity contribution in [2.24, 2.45) is 0 Å². The van der Waals surface area contributed by atoms with E-state index < -0.39 is 15.8 Å². The number of hydrogen-bond donors (Lipinski definition) is 0. The predicted molar refractivity (Wildman–Crippen MR) is 76.5 cm³/mol. The third-order valence-electron chi connectivity index (χ3n) is 4.27. The number of benzene rings is 1. The van der Waals surface area contributed by atoms with Crippen LogP contribution in [0.1, 0.15) is 19.3 Å². The maximum Gasteiger partial charge on any atom is 0.242 e. The lowest BCUT2D eigenvalue weighted by atomic mass is 9.75. The number of nitrogens with zero attached hydrogens (tertiary/aromatic N) is 2. The summed E-state index contributed by atoms with van der Waals surface area (Å²) in [7, 11) is 1.99. The molecule has 0 atom stereocenters. The molecule has 0 unspecified atom stereocenters. The summed E-state index contributed by atoms with van der Waals surface area (Å²) in [6, 6.07) is 4.96. The molecular formula is C14H21FN2O2S. The molecule has 112 valence electrons. The highest BCUT2D eigenvalue weighted by molar-refractivity contribution is 7.89. The van der Waals surface area contributed by atoms with Crippen LogP contribution in [-0.4, -0.2) is 50.8 Å². The van der Waals surface area contributed by atoms with Crippen LogP contribution in [0, 0.1) is 5.82 Å². The number of halogens is 1. The van der Waals surface area contributed by atoms with Gasteiger partial charge in [-0.05, 0) is 57.6 Å². The van der Waals surface area contributed by atoms with Gasteiger partial charge in [0.25, 0.3) is 0 Å². The normalized spacial score (nSPS) is 18.3. The molecule has 0 aliphatic heterocycles. The third kappa shape index (κ3) is 2.73. The van der Waals surface area contributed by atoms with E-state index in [-0.39, 0.29) is 10.4 Å². The van der Waals surface area contributed by atoms with Crippen molar-refractivity contribution in [1.82, 2.24) is 9.21 Å². The molecule has 1 aliphatic rings. The molecule has 4 nitrogen and oxygen atoms in total. The van der Waals surface area contributed by atoms with Gasteiger partial charge >= 0.3 is 0 Å². The molecule has 2 rings (SSSR count). The second kappa shape index (κ2) is 5.42. The summed E-state index contributed by atoms with van der Waals surface area (Å²) in [6.07, 6.45) is 3.13. The van der Waals surface area contributed by atoms with Crippen LogP contribution >= 0.6 is 0 Å². The highest BCUT2D eigenvalue weighted by Crippen LogP contribution is 2.37. The lowest BCUT2D eigenvalue weighted by Crippen LogP contribution is -2.57. The van der Waals surface area contributed by atoms with E-state index in [2.05, 4.69) is 4.90 Å². The highest BCUT2D eigenvalue weighted by Gasteiger charge is 2.42. The molecule has 0 N–H and O–H groups in total. The molecule has 0 saturated heterocycles. The van der Waals surface area contributed by atoms with Crippen LogP contribution < -0.4 is 0 Å². The van der Waals surface area contributed by atoms with Gasteiger partial charge in [-0.2, -0.15) is 4.31 Å². The van der Waals surface area contributed by atoms with Crippen LogP contribution in [0.5, 0.6) is 0 Å². The fourth-order valence-corrected chi connectivity index (χ4v) is 3.87. The molecule has 0 aromatic heterocycles. The Morgan fingerprint density at radius 3 is 2.10 bits per heavy atom. The highest BCUT2D eigenvalue weighted by atomic mass is 32.2. The second-order valence-electron chi connectivity index (χ2n) is 5.69. The van der Waals surface area contributed by atoms with Gasteiger partial charge in [-0.15, -0.1) is 0 Å². The van der Waals surface area contributed by atoms with Crippen molar-refractivity contribution < 1.29 is 12.8 Å². The number of likely N-dealkylation sites (N-methyl/N-ethyl adjacent to an activating group) is 2. The topological polar surface area (TPSA) is 40.6 Å². The van der Waals surface area contributed by atoms with Crippen LogP contribution in [0.15, 0.2) is 29.2 Å². The van der Waals surface area contributed by atoms with Crippen LogP contribution in [0.2, 0.25) is 0 Å². The zero-order chi connectivity index (χ0) is 15.0. The Bertz CT molecular complexity index is 565. The first-order valence-electron chi connectivity index (χ1n) is 6.67. The van der Waals surface area contributed by atoms with Crippen LogP contribution in [-0.2, 0) is 10.0 Å². The van der Waals surface area contributed by atoms with E-state index in [1.54, 1.807) is 7.05 Å².